The Labute approximate surface area is 72.7 Å². The van der Waals surface area contributed by atoms with E-state index in [0.29, 0.717) is 6.42 Å². The molecule has 0 bridgehead atoms. The molecule has 0 aromatic heterocycles. The summed E-state index contributed by atoms with van der Waals surface area (Å²) < 4.78 is 26.0. The lowest BCUT2D eigenvalue weighted by atomic mass is 10.1. The van der Waals surface area contributed by atoms with E-state index in [0.717, 1.165) is 19.9 Å². The van der Waals surface area contributed by atoms with Crippen molar-refractivity contribution in [3.05, 3.63) is 0 Å². The third-order valence-electron chi connectivity index (χ3n) is 2.54. The van der Waals surface area contributed by atoms with Gasteiger partial charge in [-0.05, 0) is 33.2 Å². The van der Waals surface area contributed by atoms with Crippen LogP contribution in [0.2, 0.25) is 0 Å². The van der Waals surface area contributed by atoms with Gasteiger partial charge >= 0.3 is 0 Å². The van der Waals surface area contributed by atoms with Crippen molar-refractivity contribution in [1.29, 1.82) is 0 Å². The monoisotopic (exact) mass is 177 g/mol. The fourth-order valence-electron chi connectivity index (χ4n) is 1.95. The molecule has 1 atom stereocenters. The molecule has 72 valence electrons. The largest absolute Gasteiger partial charge is 0.292 e. The predicted octanol–water partition coefficient (Wildman–Crippen LogP) is 2.51. The van der Waals surface area contributed by atoms with Crippen molar-refractivity contribution in [3.63, 3.8) is 0 Å². The first-order valence-electron chi connectivity index (χ1n) is 4.56. The van der Waals surface area contributed by atoms with Gasteiger partial charge in [0.2, 0.25) is 0 Å². The summed E-state index contributed by atoms with van der Waals surface area (Å²) >= 11 is 0. The highest BCUT2D eigenvalue weighted by molar-refractivity contribution is 4.89. The quantitative estimate of drug-likeness (QED) is 0.626. The van der Waals surface area contributed by atoms with Gasteiger partial charge in [-0.15, -0.1) is 0 Å². The molecule has 0 unspecified atom stereocenters. The van der Waals surface area contributed by atoms with Gasteiger partial charge in [-0.1, -0.05) is 0 Å². The van der Waals surface area contributed by atoms with Gasteiger partial charge in [-0.25, -0.2) is 8.78 Å². The molecule has 0 N–H and O–H groups in total. The molecule has 1 saturated heterocycles. The van der Waals surface area contributed by atoms with Gasteiger partial charge in [0.1, 0.15) is 0 Å². The lowest BCUT2D eigenvalue weighted by Crippen LogP contribution is -2.45. The van der Waals surface area contributed by atoms with E-state index in [9.17, 15) is 8.78 Å². The van der Waals surface area contributed by atoms with Gasteiger partial charge in [-0.3, -0.25) is 4.90 Å². The van der Waals surface area contributed by atoms with Gasteiger partial charge in [0, 0.05) is 13.0 Å². The first kappa shape index (κ1) is 9.90. The highest BCUT2D eigenvalue weighted by atomic mass is 19.3. The number of nitrogens with zero attached hydrogens (tertiary/aromatic N) is 1. The molecule has 1 aliphatic rings. The Bertz CT molecular complexity index is 151. The zero-order valence-electron chi connectivity index (χ0n) is 7.98. The van der Waals surface area contributed by atoms with E-state index < -0.39 is 12.0 Å². The second-order valence-corrected chi connectivity index (χ2v) is 3.95. The lowest BCUT2D eigenvalue weighted by Gasteiger charge is -2.31. The van der Waals surface area contributed by atoms with Crippen LogP contribution in [-0.4, -0.2) is 29.5 Å². The summed E-state index contributed by atoms with van der Waals surface area (Å²) in [7, 11) is 0. The zero-order chi connectivity index (χ0) is 9.35. The molecule has 1 nitrogen and oxygen atoms in total. The number of hydrogen-bond donors (Lipinski definition) is 0. The molecule has 0 saturated carbocycles. The van der Waals surface area contributed by atoms with Gasteiger partial charge in [0.15, 0.2) is 0 Å². The van der Waals surface area contributed by atoms with E-state index in [4.69, 9.17) is 0 Å². The number of rotatable bonds is 2. The summed E-state index contributed by atoms with van der Waals surface area (Å²) in [6, 6.07) is -0.291. The van der Waals surface area contributed by atoms with Crippen LogP contribution < -0.4 is 0 Å². The van der Waals surface area contributed by atoms with E-state index in [1.807, 2.05) is 18.7 Å². The van der Waals surface area contributed by atoms with Crippen LogP contribution in [0.3, 0.4) is 0 Å². The first-order valence-corrected chi connectivity index (χ1v) is 4.56. The maximum absolute atomic E-state index is 13.0. The lowest BCUT2D eigenvalue weighted by molar-refractivity contribution is -0.0597. The molecule has 0 amide bonds. The molecule has 1 heterocycles. The third-order valence-corrected chi connectivity index (χ3v) is 2.54. The molecule has 0 aromatic carbocycles. The minimum Gasteiger partial charge on any atom is -0.292 e. The molecular formula is C9H17F2N. The highest BCUT2D eigenvalue weighted by Crippen LogP contribution is 2.32. The van der Waals surface area contributed by atoms with E-state index in [2.05, 4.69) is 0 Å². The number of alkyl halides is 2. The van der Waals surface area contributed by atoms with Crippen molar-refractivity contribution in [2.24, 2.45) is 0 Å². The van der Waals surface area contributed by atoms with Crippen LogP contribution in [0.5, 0.6) is 0 Å². The Morgan fingerprint density at radius 1 is 1.42 bits per heavy atom. The van der Waals surface area contributed by atoms with Gasteiger partial charge in [0.05, 0.1) is 6.04 Å². The van der Waals surface area contributed by atoms with Crippen LogP contribution in [0.15, 0.2) is 0 Å². The average molecular weight is 177 g/mol. The number of hydrogen-bond acceptors (Lipinski definition) is 1. The molecule has 1 rings (SSSR count). The number of likely N-dealkylation sites (tertiary alicyclic amines) is 1. The average Bonchev–Trinajstić information content (AvgIpc) is 2.30. The van der Waals surface area contributed by atoms with Crippen LogP contribution in [0.4, 0.5) is 8.78 Å². The molecule has 12 heavy (non-hydrogen) atoms. The minimum absolute atomic E-state index is 0.239. The number of halogens is 2. The van der Waals surface area contributed by atoms with Crippen molar-refractivity contribution in [2.45, 2.75) is 51.6 Å². The van der Waals surface area contributed by atoms with E-state index in [-0.39, 0.29) is 6.04 Å². The SMILES string of the molecule is CC(C)N1CCC[C@@H]1C(C)(F)F. The summed E-state index contributed by atoms with van der Waals surface area (Å²) in [6.07, 6.45) is 1.55. The molecule has 3 heteroatoms. The first-order chi connectivity index (χ1) is 5.43. The van der Waals surface area contributed by atoms with Crippen molar-refractivity contribution >= 4 is 0 Å². The third kappa shape index (κ3) is 1.94. The fraction of sp³-hybridized carbons (Fsp3) is 1.00. The van der Waals surface area contributed by atoms with Crippen LogP contribution in [0.25, 0.3) is 0 Å². The van der Waals surface area contributed by atoms with E-state index in [1.54, 1.807) is 0 Å². The Hall–Kier alpha value is -0.180. The summed E-state index contributed by atoms with van der Waals surface area (Å²) in [6.45, 7) is 5.80. The van der Waals surface area contributed by atoms with Gasteiger partial charge in [-0.2, -0.15) is 0 Å². The Morgan fingerprint density at radius 3 is 2.33 bits per heavy atom. The van der Waals surface area contributed by atoms with Gasteiger partial charge < -0.3 is 0 Å². The van der Waals surface area contributed by atoms with Crippen LogP contribution in [-0.2, 0) is 0 Å². The molecule has 1 fully saturated rings. The fourth-order valence-corrected chi connectivity index (χ4v) is 1.95. The van der Waals surface area contributed by atoms with Crippen molar-refractivity contribution in [3.8, 4) is 0 Å². The Kier molecular flexibility index (Phi) is 2.71. The van der Waals surface area contributed by atoms with E-state index in [1.165, 1.54) is 0 Å². The molecule has 0 radical (unpaired) electrons. The highest BCUT2D eigenvalue weighted by Gasteiger charge is 2.41. The summed E-state index contributed by atoms with van der Waals surface area (Å²) in [5.41, 5.74) is 0. The standard InChI is InChI=1S/C9H17F2N/c1-7(2)12-6-4-5-8(12)9(3,10)11/h7-8H,4-6H2,1-3H3/t8-/m1/s1. The van der Waals surface area contributed by atoms with Crippen molar-refractivity contribution in [2.75, 3.05) is 6.54 Å². The topological polar surface area (TPSA) is 3.24 Å². The van der Waals surface area contributed by atoms with Crippen molar-refractivity contribution < 1.29 is 8.78 Å². The van der Waals surface area contributed by atoms with E-state index >= 15 is 0 Å². The zero-order valence-corrected chi connectivity index (χ0v) is 7.98. The maximum Gasteiger partial charge on any atom is 0.260 e. The normalized spacial score (nSPS) is 27.0. The second kappa shape index (κ2) is 3.29. The summed E-state index contributed by atoms with van der Waals surface area (Å²) in [4.78, 5) is 1.90. The molecule has 0 aromatic rings. The second-order valence-electron chi connectivity index (χ2n) is 3.95. The molecule has 0 spiro atoms. The summed E-state index contributed by atoms with van der Waals surface area (Å²) in [5.74, 6) is -2.54. The van der Waals surface area contributed by atoms with Crippen LogP contribution >= 0.6 is 0 Å². The maximum atomic E-state index is 13.0. The minimum atomic E-state index is -2.54. The smallest absolute Gasteiger partial charge is 0.260 e. The predicted molar refractivity (Wildman–Crippen MR) is 45.5 cm³/mol. The molecular weight excluding hydrogens is 160 g/mol. The van der Waals surface area contributed by atoms with Crippen LogP contribution in [0, 0.1) is 0 Å². The Morgan fingerprint density at radius 2 is 2.00 bits per heavy atom. The van der Waals surface area contributed by atoms with Crippen molar-refractivity contribution in [1.82, 2.24) is 4.90 Å². The molecule has 0 aliphatic carbocycles. The summed E-state index contributed by atoms with van der Waals surface area (Å²) in [5, 5.41) is 0. The van der Waals surface area contributed by atoms with Gasteiger partial charge in [0.25, 0.3) is 5.92 Å². The molecule has 1 aliphatic heterocycles. The Balaban J connectivity index is 2.64. The van der Waals surface area contributed by atoms with Crippen LogP contribution in [0.1, 0.15) is 33.6 Å².